The smallest absolute Gasteiger partial charge is 0.228 e. The first kappa shape index (κ1) is 23.1. The first-order chi connectivity index (χ1) is 15.9. The van der Waals surface area contributed by atoms with Gasteiger partial charge in [-0.05, 0) is 100 Å². The Morgan fingerprint density at radius 2 is 1.58 bits per heavy atom. The summed E-state index contributed by atoms with van der Waals surface area (Å²) in [5.74, 6) is -0.0927. The number of nitrogens with one attached hydrogen (secondary N) is 2. The van der Waals surface area contributed by atoms with E-state index in [4.69, 9.17) is 0 Å². The van der Waals surface area contributed by atoms with Gasteiger partial charge in [0.2, 0.25) is 11.8 Å². The van der Waals surface area contributed by atoms with Gasteiger partial charge in [-0.15, -0.1) is 0 Å². The maximum Gasteiger partial charge on any atom is 0.228 e. The van der Waals surface area contributed by atoms with Crippen molar-refractivity contribution in [3.63, 3.8) is 0 Å². The van der Waals surface area contributed by atoms with Gasteiger partial charge in [-0.3, -0.25) is 14.5 Å². The van der Waals surface area contributed by atoms with E-state index < -0.39 is 0 Å². The molecular formula is C27H36BrN3O2. The molecule has 1 saturated heterocycles. The van der Waals surface area contributed by atoms with Gasteiger partial charge in [0.15, 0.2) is 0 Å². The summed E-state index contributed by atoms with van der Waals surface area (Å²) in [7, 11) is 0. The highest BCUT2D eigenvalue weighted by Gasteiger charge is 2.69. The minimum Gasteiger partial charge on any atom is -0.356 e. The number of hydrogen-bond donors (Lipinski definition) is 2. The van der Waals surface area contributed by atoms with Gasteiger partial charge in [-0.25, -0.2) is 0 Å². The first-order valence-corrected chi connectivity index (χ1v) is 13.5. The molecule has 2 N–H and O–H groups in total. The molecule has 6 heteroatoms. The Balaban J connectivity index is 1.18. The van der Waals surface area contributed by atoms with Gasteiger partial charge in [-0.2, -0.15) is 0 Å². The lowest BCUT2D eigenvalue weighted by Gasteiger charge is -2.27. The number of unbranched alkanes of at least 4 members (excludes halogenated alkanes) is 1. The number of carbonyl (C=O) groups excluding carboxylic acids is 2. The van der Waals surface area contributed by atoms with Crippen LogP contribution in [0.5, 0.6) is 0 Å². The van der Waals surface area contributed by atoms with E-state index in [0.29, 0.717) is 18.6 Å². The summed E-state index contributed by atoms with van der Waals surface area (Å²) >= 11 is 3.44. The highest BCUT2D eigenvalue weighted by Crippen LogP contribution is 2.72. The van der Waals surface area contributed by atoms with Crippen molar-refractivity contribution in [2.24, 2.45) is 29.1 Å². The lowest BCUT2D eigenvalue weighted by Crippen LogP contribution is -2.42. The molecule has 2 bridgehead atoms. The van der Waals surface area contributed by atoms with E-state index in [1.54, 1.807) is 0 Å². The molecule has 2 amide bonds. The second-order valence-corrected chi connectivity index (χ2v) is 11.6. The van der Waals surface area contributed by atoms with E-state index in [9.17, 15) is 9.59 Å². The maximum absolute atomic E-state index is 13.4. The minimum atomic E-state index is -0.280. The van der Waals surface area contributed by atoms with Crippen molar-refractivity contribution in [1.82, 2.24) is 10.2 Å². The Bertz CT molecular complexity index is 916. The van der Waals surface area contributed by atoms with Crippen LogP contribution in [-0.4, -0.2) is 41.9 Å². The number of amides is 2. The number of rotatable bonds is 8. The Morgan fingerprint density at radius 3 is 2.18 bits per heavy atom. The van der Waals surface area contributed by atoms with Gasteiger partial charge in [0.05, 0.1) is 11.8 Å². The summed E-state index contributed by atoms with van der Waals surface area (Å²) < 4.78 is 0.978. The van der Waals surface area contributed by atoms with Crippen LogP contribution in [0.4, 0.5) is 5.69 Å². The molecule has 1 aromatic rings. The fourth-order valence-corrected chi connectivity index (χ4v) is 7.17. The minimum absolute atomic E-state index is 0.0161. The molecule has 4 aliphatic rings. The van der Waals surface area contributed by atoms with Crippen molar-refractivity contribution in [1.29, 1.82) is 0 Å². The molecule has 33 heavy (non-hydrogen) atoms. The van der Waals surface area contributed by atoms with E-state index in [0.717, 1.165) is 42.4 Å². The molecule has 1 heterocycles. The summed E-state index contributed by atoms with van der Waals surface area (Å²) in [5.41, 5.74) is 0.940. The first-order valence-electron chi connectivity index (χ1n) is 12.7. The van der Waals surface area contributed by atoms with Gasteiger partial charge in [0, 0.05) is 28.8 Å². The molecule has 0 radical (unpaired) electrons. The Labute approximate surface area is 205 Å². The van der Waals surface area contributed by atoms with Crippen LogP contribution in [0.25, 0.3) is 0 Å². The predicted molar refractivity (Wildman–Crippen MR) is 135 cm³/mol. The number of benzene rings is 1. The molecule has 5 rings (SSSR count). The molecule has 1 aliphatic heterocycles. The van der Waals surface area contributed by atoms with E-state index in [1.807, 2.05) is 24.3 Å². The molecule has 3 fully saturated rings. The summed E-state index contributed by atoms with van der Waals surface area (Å²) in [5, 5.41) is 6.28. The second kappa shape index (κ2) is 9.18. The fourth-order valence-electron chi connectivity index (χ4n) is 6.91. The number of allylic oxidation sites excluding steroid dienone is 2. The fraction of sp³-hybridized carbons (Fsp3) is 0.630. The average Bonchev–Trinajstić information content (AvgIpc) is 3.36. The number of nitrogens with zero attached hydrogens (tertiary/aromatic N) is 1. The number of likely N-dealkylation sites (tertiary alicyclic amines) is 1. The highest BCUT2D eigenvalue weighted by atomic mass is 79.9. The third kappa shape index (κ3) is 4.29. The summed E-state index contributed by atoms with van der Waals surface area (Å²) in [4.78, 5) is 29.3. The Morgan fingerprint density at radius 1 is 0.970 bits per heavy atom. The average molecular weight is 515 g/mol. The van der Waals surface area contributed by atoms with Crippen LogP contribution >= 0.6 is 15.9 Å². The number of anilines is 1. The van der Waals surface area contributed by atoms with E-state index in [2.05, 4.69) is 57.5 Å². The molecule has 1 spiro atoms. The molecule has 1 aromatic carbocycles. The molecule has 5 nitrogen and oxygen atoms in total. The SMILES string of the molecule is CC1CCC(C)N1CCCCNC(=O)[C@H]1[C@H](C(=O)Nc2ccc(Br)cc2)[C@@H]2C=C[C@H]1C21CC1. The zero-order valence-electron chi connectivity index (χ0n) is 19.7. The van der Waals surface area contributed by atoms with Crippen LogP contribution < -0.4 is 10.6 Å². The molecule has 178 valence electrons. The maximum atomic E-state index is 13.4. The third-order valence-electron chi connectivity index (χ3n) is 8.84. The molecule has 3 aliphatic carbocycles. The Kier molecular flexibility index (Phi) is 6.43. The van der Waals surface area contributed by atoms with Crippen LogP contribution in [0.15, 0.2) is 40.9 Å². The largest absolute Gasteiger partial charge is 0.356 e. The monoisotopic (exact) mass is 513 g/mol. The van der Waals surface area contributed by atoms with Crippen molar-refractivity contribution in [2.45, 2.75) is 64.5 Å². The van der Waals surface area contributed by atoms with Crippen molar-refractivity contribution in [3.8, 4) is 0 Å². The lowest BCUT2D eigenvalue weighted by molar-refractivity contribution is -0.132. The van der Waals surface area contributed by atoms with Crippen molar-refractivity contribution >= 4 is 33.4 Å². The Hall–Kier alpha value is -1.66. The summed E-state index contributed by atoms with van der Waals surface area (Å²) in [6.45, 7) is 6.44. The van der Waals surface area contributed by atoms with Gasteiger partial charge in [0.1, 0.15) is 0 Å². The van der Waals surface area contributed by atoms with Gasteiger partial charge < -0.3 is 10.6 Å². The zero-order valence-corrected chi connectivity index (χ0v) is 21.3. The van der Waals surface area contributed by atoms with Crippen molar-refractivity contribution < 1.29 is 9.59 Å². The van der Waals surface area contributed by atoms with Gasteiger partial charge >= 0.3 is 0 Å². The van der Waals surface area contributed by atoms with Crippen molar-refractivity contribution in [3.05, 3.63) is 40.9 Å². The van der Waals surface area contributed by atoms with Gasteiger partial charge in [-0.1, -0.05) is 28.1 Å². The van der Waals surface area contributed by atoms with Gasteiger partial charge in [0.25, 0.3) is 0 Å². The standard InChI is InChI=1S/C27H36BrN3O2/c1-17-5-6-18(2)31(17)16-4-3-15-29-25(32)23-21-11-12-22(27(21)13-14-27)24(23)26(33)30-20-9-7-19(28)8-10-20/h7-12,17-18,21-24H,3-6,13-16H2,1-2H3,(H,29,32)(H,30,33)/t17?,18?,21-,22+,23-,24-/m1/s1. The quantitative estimate of drug-likeness (QED) is 0.380. The normalized spacial score (nSPS) is 33.5. The molecule has 0 aromatic heterocycles. The predicted octanol–water partition coefficient (Wildman–Crippen LogP) is 4.99. The lowest BCUT2D eigenvalue weighted by atomic mass is 9.81. The van der Waals surface area contributed by atoms with Crippen LogP contribution in [0.2, 0.25) is 0 Å². The summed E-state index contributed by atoms with van der Waals surface area (Å²) in [6.07, 6.45) is 11.4. The van der Waals surface area contributed by atoms with E-state index >= 15 is 0 Å². The number of hydrogen-bond acceptors (Lipinski definition) is 3. The molecular weight excluding hydrogens is 478 g/mol. The molecule has 2 saturated carbocycles. The van der Waals surface area contributed by atoms with E-state index in [-0.39, 0.29) is 40.9 Å². The highest BCUT2D eigenvalue weighted by molar-refractivity contribution is 9.10. The number of carbonyl (C=O) groups is 2. The van der Waals surface area contributed by atoms with Crippen LogP contribution in [-0.2, 0) is 9.59 Å². The number of halogens is 1. The molecule has 6 atom stereocenters. The molecule has 2 unspecified atom stereocenters. The van der Waals surface area contributed by atoms with Crippen LogP contribution in [0, 0.1) is 29.1 Å². The van der Waals surface area contributed by atoms with Crippen molar-refractivity contribution in [2.75, 3.05) is 18.4 Å². The summed E-state index contributed by atoms with van der Waals surface area (Å²) in [6, 6.07) is 8.99. The zero-order chi connectivity index (χ0) is 23.2. The topological polar surface area (TPSA) is 61.4 Å². The third-order valence-corrected chi connectivity index (χ3v) is 9.36. The van der Waals surface area contributed by atoms with Crippen LogP contribution in [0.1, 0.15) is 52.4 Å². The van der Waals surface area contributed by atoms with Crippen LogP contribution in [0.3, 0.4) is 0 Å². The second-order valence-electron chi connectivity index (χ2n) is 10.7. The van der Waals surface area contributed by atoms with E-state index in [1.165, 1.54) is 12.8 Å².